The molecule has 0 aromatic carbocycles. The largest absolute Gasteiger partial charge is 0.477 e. The quantitative estimate of drug-likeness (QED) is 0.110. The number of hydrogen-bond donors (Lipinski definition) is 4. The van der Waals surface area contributed by atoms with Gasteiger partial charge in [0.15, 0.2) is 16.5 Å². The number of carboxylic acid groups (broad SMARTS) is 1. The molecule has 1 saturated heterocycles. The van der Waals surface area contributed by atoms with E-state index in [4.69, 9.17) is 5.73 Å². The van der Waals surface area contributed by atoms with Gasteiger partial charge in [-0.25, -0.2) is 4.79 Å². The molecule has 0 bridgehead atoms. The number of fused-ring (bicyclic) bond motifs is 2. The number of nitrogen functional groups attached to an aromatic ring is 1. The fourth-order valence-electron chi connectivity index (χ4n) is 3.92. The van der Waals surface area contributed by atoms with Gasteiger partial charge in [0, 0.05) is 22.9 Å². The highest BCUT2D eigenvalue weighted by molar-refractivity contribution is 8.00. The van der Waals surface area contributed by atoms with Gasteiger partial charge in [0.05, 0.1) is 12.4 Å². The number of aliphatic carboxylic acids is 1. The van der Waals surface area contributed by atoms with Gasteiger partial charge in [-0.05, 0) is 11.4 Å². The summed E-state index contributed by atoms with van der Waals surface area (Å²) in [4.78, 5) is 43.7. The highest BCUT2D eigenvalue weighted by Crippen LogP contribution is 2.40. The van der Waals surface area contributed by atoms with E-state index in [9.17, 15) is 24.7 Å². The third kappa shape index (κ3) is 3.50. The average Bonchev–Trinajstić information content (AvgIpc) is 3.51. The predicted octanol–water partition coefficient (Wildman–Crippen LogP) is -0.422. The first-order valence-corrected chi connectivity index (χ1v) is 12.5. The highest BCUT2D eigenvalue weighted by Gasteiger charge is 2.55. The van der Waals surface area contributed by atoms with E-state index in [0.29, 0.717) is 17.9 Å². The van der Waals surface area contributed by atoms with Crippen LogP contribution < -0.4 is 15.7 Å². The Morgan fingerprint density at radius 3 is 2.88 bits per heavy atom. The van der Waals surface area contributed by atoms with Crippen LogP contribution in [0.2, 0.25) is 0 Å². The lowest BCUT2D eigenvalue weighted by Crippen LogP contribution is -2.71. The van der Waals surface area contributed by atoms with Gasteiger partial charge in [0.2, 0.25) is 17.7 Å². The molecule has 2 atom stereocenters. The van der Waals surface area contributed by atoms with E-state index < -0.39 is 34.9 Å². The average molecular weight is 522 g/mol. The second-order valence-electron chi connectivity index (χ2n) is 7.45. The Kier molecular flexibility index (Phi) is 5.49. The molecule has 5 heterocycles. The Bertz CT molecular complexity index is 1410. The van der Waals surface area contributed by atoms with Crippen molar-refractivity contribution in [3.05, 3.63) is 34.7 Å². The third-order valence-electron chi connectivity index (χ3n) is 5.50. The number of thiophene rings is 1. The van der Waals surface area contributed by atoms with Crippen molar-refractivity contribution in [2.45, 2.75) is 18.0 Å². The van der Waals surface area contributed by atoms with Crippen LogP contribution in [0.5, 0.6) is 0 Å². The van der Waals surface area contributed by atoms with Crippen LogP contribution in [-0.2, 0) is 28.0 Å². The summed E-state index contributed by atoms with van der Waals surface area (Å²) in [7, 11) is 1.89. The van der Waals surface area contributed by atoms with Gasteiger partial charge in [-0.1, -0.05) is 5.16 Å². The molecule has 2 aliphatic heterocycles. The first kappa shape index (κ1) is 22.3. The van der Waals surface area contributed by atoms with E-state index in [0.717, 1.165) is 21.7 Å². The monoisotopic (exact) mass is 521 g/mol. The maximum atomic E-state index is 12.9. The number of β-lactam (4-membered cyclic amide) rings is 1. The summed E-state index contributed by atoms with van der Waals surface area (Å²) in [6.45, 7) is 0.304. The number of hydrogen-bond acceptors (Lipinski definition) is 11. The van der Waals surface area contributed by atoms with Gasteiger partial charge >= 0.3 is 5.97 Å². The lowest BCUT2D eigenvalue weighted by atomic mass is 10.0. The van der Waals surface area contributed by atoms with Crippen LogP contribution in [0.4, 0.5) is 5.13 Å². The summed E-state index contributed by atoms with van der Waals surface area (Å²) in [5.74, 6) is -2.46. The number of nitrogens with one attached hydrogen (secondary N) is 1. The summed E-state index contributed by atoms with van der Waals surface area (Å²) < 4.78 is 7.68. The van der Waals surface area contributed by atoms with Crippen LogP contribution in [0.3, 0.4) is 0 Å². The van der Waals surface area contributed by atoms with Crippen LogP contribution in [0.1, 0.15) is 5.82 Å². The lowest BCUT2D eigenvalue weighted by Gasteiger charge is -2.49. The van der Waals surface area contributed by atoms with Crippen molar-refractivity contribution in [2.75, 3.05) is 11.5 Å². The fraction of sp³-hybridized carbons (Fsp3) is 0.278. The molecule has 16 heteroatoms. The van der Waals surface area contributed by atoms with E-state index >= 15 is 0 Å². The maximum Gasteiger partial charge on any atom is 0.352 e. The maximum absolute atomic E-state index is 12.9. The molecule has 0 aliphatic carbocycles. The van der Waals surface area contributed by atoms with Crippen molar-refractivity contribution in [1.82, 2.24) is 24.3 Å². The molecule has 13 nitrogen and oxygen atoms in total. The number of carboxylic acids is 1. The van der Waals surface area contributed by atoms with Crippen molar-refractivity contribution in [2.24, 2.45) is 12.2 Å². The van der Waals surface area contributed by atoms with E-state index in [1.54, 1.807) is 11.3 Å². The summed E-state index contributed by atoms with van der Waals surface area (Å²) in [5.41, 5.74) is 5.52. The van der Waals surface area contributed by atoms with Gasteiger partial charge in [-0.15, -0.1) is 32.5 Å². The first-order valence-electron chi connectivity index (χ1n) is 9.75. The van der Waals surface area contributed by atoms with Gasteiger partial charge in [-0.3, -0.25) is 14.5 Å². The van der Waals surface area contributed by atoms with Gasteiger partial charge in [0.1, 0.15) is 17.1 Å². The standard InChI is InChI=1S/C18H16N8O5S3/c1-24-15-7(2-3-32-15)4-25(24)5-8-6-33-16-10(14(28)26(16)11(8)17(29)30)20-13(27)9(22-31)12-21-18(19)34-23-12/h2-4,10,16H,5-6H2,1H3,(H4-,19,20,21,23,27,29,30,31)/p+1/t10-,16-/m1/s1. The molecule has 0 saturated carbocycles. The number of oxime groups is 1. The number of nitrogens with zero attached hydrogens (tertiary/aromatic N) is 6. The molecular weight excluding hydrogens is 504 g/mol. The number of aromatic nitrogens is 4. The van der Waals surface area contributed by atoms with Crippen molar-refractivity contribution in [1.29, 1.82) is 0 Å². The lowest BCUT2D eigenvalue weighted by molar-refractivity contribution is -0.764. The van der Waals surface area contributed by atoms with Gasteiger partial charge in [0.25, 0.3) is 11.8 Å². The molecule has 2 amide bonds. The molecule has 5 N–H and O–H groups in total. The van der Waals surface area contributed by atoms with E-state index in [-0.39, 0.29) is 16.7 Å². The number of carbonyl (C=O) groups excluding carboxylic acids is 2. The van der Waals surface area contributed by atoms with E-state index in [1.165, 1.54) is 16.7 Å². The van der Waals surface area contributed by atoms with E-state index in [1.807, 2.05) is 34.1 Å². The number of rotatable bonds is 6. The molecule has 5 rings (SSSR count). The zero-order valence-corrected chi connectivity index (χ0v) is 19.9. The second-order valence-corrected chi connectivity index (χ2v) is 10.2. The Balaban J connectivity index is 1.37. The smallest absolute Gasteiger partial charge is 0.352 e. The van der Waals surface area contributed by atoms with Crippen LogP contribution in [0, 0.1) is 0 Å². The molecule has 34 heavy (non-hydrogen) atoms. The van der Waals surface area contributed by atoms with Crippen LogP contribution >= 0.6 is 34.6 Å². The topological polar surface area (TPSA) is 180 Å². The minimum absolute atomic E-state index is 0.0809. The fourth-order valence-corrected chi connectivity index (χ4v) is 6.55. The molecule has 176 valence electrons. The zero-order chi connectivity index (χ0) is 24.1. The number of carbonyl (C=O) groups is 3. The number of amides is 2. The molecule has 3 aromatic rings. The number of thioether (sulfide) groups is 1. The van der Waals surface area contributed by atoms with Crippen molar-refractivity contribution >= 4 is 73.5 Å². The van der Waals surface area contributed by atoms with Crippen LogP contribution in [0.15, 0.2) is 34.1 Å². The number of aryl methyl sites for hydroxylation is 1. The molecule has 0 unspecified atom stereocenters. The molecule has 1 fully saturated rings. The Hall–Kier alpha value is -3.50. The summed E-state index contributed by atoms with van der Waals surface area (Å²) in [5, 5.41) is 27.1. The summed E-state index contributed by atoms with van der Waals surface area (Å²) >= 11 is 3.75. The second kappa shape index (κ2) is 8.37. The minimum Gasteiger partial charge on any atom is -0.477 e. The van der Waals surface area contributed by atoms with Gasteiger partial charge in [-0.2, -0.15) is 9.36 Å². The number of nitrogens with two attached hydrogens (primary N) is 1. The van der Waals surface area contributed by atoms with Crippen LogP contribution in [-0.4, -0.2) is 69.9 Å². The normalized spacial score (nSPS) is 20.4. The molecule has 0 spiro atoms. The zero-order valence-electron chi connectivity index (χ0n) is 17.4. The molecule has 0 radical (unpaired) electrons. The Morgan fingerprint density at radius 2 is 2.24 bits per heavy atom. The Morgan fingerprint density at radius 1 is 1.44 bits per heavy atom. The van der Waals surface area contributed by atoms with Crippen molar-refractivity contribution < 1.29 is 29.4 Å². The summed E-state index contributed by atoms with van der Waals surface area (Å²) in [6, 6.07) is 0.995. The van der Waals surface area contributed by atoms with Crippen LogP contribution in [0.25, 0.3) is 10.2 Å². The van der Waals surface area contributed by atoms with Gasteiger partial charge < -0.3 is 21.4 Å². The molecular formula is C18H17N8O5S3+. The summed E-state index contributed by atoms with van der Waals surface area (Å²) in [6.07, 6.45) is 1.94. The third-order valence-corrected chi connectivity index (χ3v) is 8.38. The van der Waals surface area contributed by atoms with Crippen molar-refractivity contribution in [3.63, 3.8) is 0 Å². The Labute approximate surface area is 203 Å². The highest BCUT2D eigenvalue weighted by atomic mass is 32.2. The minimum atomic E-state index is -1.21. The first-order chi connectivity index (χ1) is 16.3. The van der Waals surface area contributed by atoms with E-state index in [2.05, 4.69) is 19.8 Å². The number of anilines is 1. The predicted molar refractivity (Wildman–Crippen MR) is 123 cm³/mol. The SMILES string of the molecule is Cn1c2sccc2c[n+]1CC1=C(C(=O)O)N2C(=O)[C@@H](NC(=O)/C(=N\O)c3nsc(N)n3)[C@H]2SC1. The molecule has 2 aliphatic rings. The molecule has 3 aromatic heterocycles. The van der Waals surface area contributed by atoms with Crippen molar-refractivity contribution in [3.8, 4) is 0 Å².